The number of nitro benzene ring substituents is 1. The summed E-state index contributed by atoms with van der Waals surface area (Å²) in [6, 6.07) is 2.78. The maximum Gasteiger partial charge on any atom is 0.294 e. The van der Waals surface area contributed by atoms with E-state index in [0.29, 0.717) is 36.6 Å². The molecule has 2 rings (SSSR count). The first-order valence-corrected chi connectivity index (χ1v) is 6.31. The fraction of sp³-hybridized carbons (Fsp3) is 0.455. The van der Waals surface area contributed by atoms with Crippen molar-refractivity contribution in [3.8, 4) is 0 Å². The van der Waals surface area contributed by atoms with E-state index >= 15 is 0 Å². The second-order valence-corrected chi connectivity index (χ2v) is 5.04. The summed E-state index contributed by atoms with van der Waals surface area (Å²) in [5, 5.41) is 20.9. The van der Waals surface area contributed by atoms with Crippen LogP contribution in [0.25, 0.3) is 0 Å². The van der Waals surface area contributed by atoms with Crippen molar-refractivity contribution in [3.05, 3.63) is 32.3 Å². The van der Waals surface area contributed by atoms with Gasteiger partial charge in [0.25, 0.3) is 5.69 Å². The zero-order valence-electron chi connectivity index (χ0n) is 9.47. The molecule has 0 radical (unpaired) electrons. The van der Waals surface area contributed by atoms with Gasteiger partial charge in [-0.2, -0.15) is 0 Å². The molecule has 0 unspecified atom stereocenters. The van der Waals surface area contributed by atoms with Crippen LogP contribution in [0.2, 0.25) is 10.0 Å². The molecule has 1 aliphatic rings. The van der Waals surface area contributed by atoms with Gasteiger partial charge >= 0.3 is 0 Å². The minimum Gasteiger partial charge on any atom is -0.393 e. The second-order valence-electron chi connectivity index (χ2n) is 4.23. The molecule has 7 heteroatoms. The van der Waals surface area contributed by atoms with Gasteiger partial charge in [0.05, 0.1) is 21.1 Å². The first-order valence-electron chi connectivity index (χ1n) is 5.55. The average Bonchev–Trinajstić information content (AvgIpc) is 2.33. The standard InChI is InChI=1S/C11H12Cl2N2O3/c12-8-5-10(11(15(17)18)6-9(8)13)14-3-1-7(16)2-4-14/h5-7,16H,1-4H2. The van der Waals surface area contributed by atoms with E-state index in [1.165, 1.54) is 12.1 Å². The van der Waals surface area contributed by atoms with Crippen LogP contribution in [-0.4, -0.2) is 29.2 Å². The van der Waals surface area contributed by atoms with E-state index in [9.17, 15) is 15.2 Å². The molecule has 0 aromatic heterocycles. The molecule has 0 amide bonds. The van der Waals surface area contributed by atoms with E-state index in [1.54, 1.807) is 0 Å². The van der Waals surface area contributed by atoms with Crippen LogP contribution in [-0.2, 0) is 0 Å². The van der Waals surface area contributed by atoms with Crippen LogP contribution in [0, 0.1) is 10.1 Å². The summed E-state index contributed by atoms with van der Waals surface area (Å²) in [7, 11) is 0. The van der Waals surface area contributed by atoms with Gasteiger partial charge in [-0.15, -0.1) is 0 Å². The number of rotatable bonds is 2. The van der Waals surface area contributed by atoms with Gasteiger partial charge in [-0.3, -0.25) is 10.1 Å². The first-order chi connectivity index (χ1) is 8.49. The largest absolute Gasteiger partial charge is 0.393 e. The normalized spacial score (nSPS) is 16.9. The Balaban J connectivity index is 2.36. The molecule has 98 valence electrons. The van der Waals surface area contributed by atoms with E-state index < -0.39 is 4.92 Å². The molecule has 0 aliphatic carbocycles. The molecule has 1 fully saturated rings. The quantitative estimate of drug-likeness (QED) is 0.672. The van der Waals surface area contributed by atoms with E-state index in [2.05, 4.69) is 0 Å². The van der Waals surface area contributed by atoms with Gasteiger partial charge in [0, 0.05) is 19.2 Å². The van der Waals surface area contributed by atoms with Crippen LogP contribution in [0.3, 0.4) is 0 Å². The number of halogens is 2. The summed E-state index contributed by atoms with van der Waals surface area (Å²) in [5.74, 6) is 0. The summed E-state index contributed by atoms with van der Waals surface area (Å²) >= 11 is 11.7. The number of piperidine rings is 1. The van der Waals surface area contributed by atoms with Crippen molar-refractivity contribution in [2.45, 2.75) is 18.9 Å². The fourth-order valence-electron chi connectivity index (χ4n) is 2.03. The predicted octanol–water partition coefficient (Wildman–Crippen LogP) is 2.86. The van der Waals surface area contributed by atoms with E-state index in [-0.39, 0.29) is 16.8 Å². The molecule has 1 aromatic carbocycles. The van der Waals surface area contributed by atoms with Crippen molar-refractivity contribution in [1.29, 1.82) is 0 Å². The Morgan fingerprint density at radius 1 is 1.28 bits per heavy atom. The Kier molecular flexibility index (Phi) is 3.94. The van der Waals surface area contributed by atoms with Gasteiger partial charge in [-0.25, -0.2) is 0 Å². The number of hydrogen-bond donors (Lipinski definition) is 1. The smallest absolute Gasteiger partial charge is 0.294 e. The summed E-state index contributed by atoms with van der Waals surface area (Å²) in [6.07, 6.45) is 0.859. The molecule has 0 spiro atoms. The average molecular weight is 291 g/mol. The third kappa shape index (κ3) is 2.68. The molecular formula is C11H12Cl2N2O3. The highest BCUT2D eigenvalue weighted by atomic mass is 35.5. The topological polar surface area (TPSA) is 66.6 Å². The van der Waals surface area contributed by atoms with Gasteiger partial charge in [0.2, 0.25) is 0 Å². The number of nitrogens with zero attached hydrogens (tertiary/aromatic N) is 2. The van der Waals surface area contributed by atoms with E-state index in [0.717, 1.165) is 0 Å². The monoisotopic (exact) mass is 290 g/mol. The summed E-state index contributed by atoms with van der Waals surface area (Å²) in [6.45, 7) is 1.14. The van der Waals surface area contributed by atoms with Crippen LogP contribution in [0.1, 0.15) is 12.8 Å². The predicted molar refractivity (Wildman–Crippen MR) is 70.6 cm³/mol. The molecule has 1 saturated heterocycles. The lowest BCUT2D eigenvalue weighted by atomic mass is 10.1. The molecule has 18 heavy (non-hydrogen) atoms. The van der Waals surface area contributed by atoms with Crippen molar-refractivity contribution < 1.29 is 10.0 Å². The molecular weight excluding hydrogens is 279 g/mol. The summed E-state index contributed by atoms with van der Waals surface area (Å²) in [4.78, 5) is 12.4. The molecule has 0 bridgehead atoms. The molecule has 1 aromatic rings. The third-order valence-corrected chi connectivity index (χ3v) is 3.74. The maximum atomic E-state index is 11.0. The Hall–Kier alpha value is -1.04. The zero-order valence-corrected chi connectivity index (χ0v) is 11.0. The van der Waals surface area contributed by atoms with E-state index in [1.807, 2.05) is 4.90 Å². The summed E-state index contributed by atoms with van der Waals surface area (Å²) in [5.41, 5.74) is 0.405. The Labute approximate surface area is 114 Å². The first kappa shape index (κ1) is 13.4. The van der Waals surface area contributed by atoms with Gasteiger partial charge in [-0.1, -0.05) is 23.2 Å². The molecule has 1 aliphatic heterocycles. The Morgan fingerprint density at radius 3 is 2.39 bits per heavy atom. The minimum atomic E-state index is -0.470. The lowest BCUT2D eigenvalue weighted by Crippen LogP contribution is -2.36. The highest BCUT2D eigenvalue weighted by molar-refractivity contribution is 6.42. The van der Waals surface area contributed by atoms with Crippen molar-refractivity contribution >= 4 is 34.6 Å². The van der Waals surface area contributed by atoms with Crippen molar-refractivity contribution in [1.82, 2.24) is 0 Å². The number of nitro groups is 1. The Bertz CT molecular complexity index is 474. The van der Waals surface area contributed by atoms with Crippen LogP contribution in [0.4, 0.5) is 11.4 Å². The minimum absolute atomic E-state index is 0.0548. The number of benzene rings is 1. The lowest BCUT2D eigenvalue weighted by molar-refractivity contribution is -0.384. The van der Waals surface area contributed by atoms with Gasteiger partial charge in [0.15, 0.2) is 0 Å². The van der Waals surface area contributed by atoms with Crippen molar-refractivity contribution in [2.75, 3.05) is 18.0 Å². The number of hydrogen-bond acceptors (Lipinski definition) is 4. The fourth-order valence-corrected chi connectivity index (χ4v) is 2.35. The van der Waals surface area contributed by atoms with Crippen LogP contribution < -0.4 is 4.90 Å². The molecule has 1 N–H and O–H groups in total. The molecule has 0 saturated carbocycles. The maximum absolute atomic E-state index is 11.0. The highest BCUT2D eigenvalue weighted by Crippen LogP contribution is 2.37. The van der Waals surface area contributed by atoms with Crippen LogP contribution in [0.15, 0.2) is 12.1 Å². The third-order valence-electron chi connectivity index (χ3n) is 3.02. The van der Waals surface area contributed by atoms with E-state index in [4.69, 9.17) is 23.2 Å². The molecule has 0 atom stereocenters. The van der Waals surface area contributed by atoms with Crippen molar-refractivity contribution in [2.24, 2.45) is 0 Å². The Morgan fingerprint density at radius 2 is 1.83 bits per heavy atom. The van der Waals surface area contributed by atoms with Crippen molar-refractivity contribution in [3.63, 3.8) is 0 Å². The second kappa shape index (κ2) is 5.30. The van der Waals surface area contributed by atoms with Gasteiger partial charge in [0.1, 0.15) is 5.69 Å². The zero-order chi connectivity index (χ0) is 13.3. The number of aliphatic hydroxyl groups excluding tert-OH is 1. The molecule has 1 heterocycles. The lowest BCUT2D eigenvalue weighted by Gasteiger charge is -2.31. The molecule has 5 nitrogen and oxygen atoms in total. The van der Waals surface area contributed by atoms with Crippen LogP contribution >= 0.6 is 23.2 Å². The number of aliphatic hydroxyl groups is 1. The highest BCUT2D eigenvalue weighted by Gasteiger charge is 2.25. The summed E-state index contributed by atoms with van der Waals surface area (Å²) < 4.78 is 0. The number of anilines is 1. The SMILES string of the molecule is O=[N+]([O-])c1cc(Cl)c(Cl)cc1N1CCC(O)CC1. The van der Waals surface area contributed by atoms with Gasteiger partial charge in [-0.05, 0) is 18.9 Å². The van der Waals surface area contributed by atoms with Crippen LogP contribution in [0.5, 0.6) is 0 Å². The van der Waals surface area contributed by atoms with Gasteiger partial charge < -0.3 is 10.0 Å².